The number of hydrogen-bond donors (Lipinski definition) is 2. The topological polar surface area (TPSA) is 129 Å². The molecule has 0 spiro atoms. The zero-order valence-electron chi connectivity index (χ0n) is 25.9. The summed E-state index contributed by atoms with van der Waals surface area (Å²) in [5.74, 6) is -0.444. The Hall–Kier alpha value is -4.29. The first-order chi connectivity index (χ1) is 22.3. The van der Waals surface area contributed by atoms with Crippen LogP contribution in [0.1, 0.15) is 34.2 Å². The van der Waals surface area contributed by atoms with Gasteiger partial charge in [0.1, 0.15) is 11.3 Å². The van der Waals surface area contributed by atoms with E-state index < -0.39 is 16.0 Å². The van der Waals surface area contributed by atoms with E-state index in [0.717, 1.165) is 54.6 Å². The van der Waals surface area contributed by atoms with E-state index in [1.807, 2.05) is 71.3 Å². The molecule has 1 aliphatic rings. The van der Waals surface area contributed by atoms with E-state index in [1.54, 1.807) is 18.2 Å². The molecule has 3 aromatic carbocycles. The number of rotatable bonds is 12. The first kappa shape index (κ1) is 31.7. The maximum absolute atomic E-state index is 13.6. The lowest BCUT2D eigenvalue weighted by Gasteiger charge is -2.28. The van der Waals surface area contributed by atoms with Crippen LogP contribution in [0.25, 0.3) is 21.8 Å². The minimum Gasteiger partial charge on any atom is -0.461 e. The highest BCUT2D eigenvalue weighted by Gasteiger charge is 2.22. The number of anilines is 1. The number of nitrogens with zero attached hydrogens (tertiary/aromatic N) is 3. The number of sulfonamides is 1. The normalized spacial score (nSPS) is 14.8. The van der Waals surface area contributed by atoms with Gasteiger partial charge in [-0.3, -0.25) is 9.62 Å². The van der Waals surface area contributed by atoms with Crippen molar-refractivity contribution in [2.24, 2.45) is 11.7 Å². The zero-order chi connectivity index (χ0) is 32.1. The fourth-order valence-corrected chi connectivity index (χ4v) is 7.12. The highest BCUT2D eigenvalue weighted by atomic mass is 32.2. The molecule has 6 rings (SSSR count). The molecular weight excluding hydrogens is 602 g/mol. The fourth-order valence-electron chi connectivity index (χ4n) is 5.94. The number of ether oxygens (including phenoxy) is 2. The second kappa shape index (κ2) is 14.0. The van der Waals surface area contributed by atoms with Crippen molar-refractivity contribution in [3.8, 4) is 0 Å². The Morgan fingerprint density at radius 1 is 1.00 bits per heavy atom. The summed E-state index contributed by atoms with van der Waals surface area (Å²) in [7, 11) is -3.69. The average Bonchev–Trinajstić information content (AvgIpc) is 3.41. The number of pyridine rings is 1. The van der Waals surface area contributed by atoms with Crippen LogP contribution in [0.3, 0.4) is 0 Å². The van der Waals surface area contributed by atoms with Gasteiger partial charge < -0.3 is 19.8 Å². The van der Waals surface area contributed by atoms with E-state index in [2.05, 4.69) is 16.5 Å². The van der Waals surface area contributed by atoms with Gasteiger partial charge in [0, 0.05) is 43.2 Å². The Balaban J connectivity index is 1.31. The van der Waals surface area contributed by atoms with E-state index in [0.29, 0.717) is 28.3 Å². The largest absolute Gasteiger partial charge is 0.461 e. The number of nitrogens with one attached hydrogen (secondary N) is 1. The fraction of sp³-hybridized carbons (Fsp3) is 0.314. The third-order valence-corrected chi connectivity index (χ3v) is 9.40. The van der Waals surface area contributed by atoms with Gasteiger partial charge in [-0.15, -0.1) is 0 Å². The molecule has 0 radical (unpaired) electrons. The third-order valence-electron chi connectivity index (χ3n) is 8.14. The molecule has 0 bridgehead atoms. The molecule has 1 fully saturated rings. The lowest BCUT2D eigenvalue weighted by molar-refractivity contribution is 0.0189. The van der Waals surface area contributed by atoms with Gasteiger partial charge in [-0.2, -0.15) is 0 Å². The molecule has 46 heavy (non-hydrogen) atoms. The maximum atomic E-state index is 13.6. The van der Waals surface area contributed by atoms with Crippen molar-refractivity contribution in [1.82, 2.24) is 14.5 Å². The van der Waals surface area contributed by atoms with Gasteiger partial charge in [0.25, 0.3) is 0 Å². The third kappa shape index (κ3) is 7.56. The van der Waals surface area contributed by atoms with Gasteiger partial charge in [-0.1, -0.05) is 61.5 Å². The molecular formula is C35H39N5O5S. The average molecular weight is 642 g/mol. The van der Waals surface area contributed by atoms with Gasteiger partial charge in [-0.25, -0.2) is 18.2 Å². The van der Waals surface area contributed by atoms with Crippen LogP contribution in [0, 0.1) is 5.92 Å². The second-order valence-corrected chi connectivity index (χ2v) is 13.6. The summed E-state index contributed by atoms with van der Waals surface area (Å²) in [6, 6.07) is 26.0. The van der Waals surface area contributed by atoms with Crippen LogP contribution in [0.5, 0.6) is 0 Å². The Morgan fingerprint density at radius 3 is 2.54 bits per heavy atom. The molecule has 0 unspecified atom stereocenters. The minimum atomic E-state index is -3.69. The Kier molecular flexibility index (Phi) is 9.64. The molecule has 5 aromatic rings. The Bertz CT molecular complexity index is 1940. The number of fused-ring (bicyclic) bond motifs is 2. The van der Waals surface area contributed by atoms with Crippen molar-refractivity contribution in [2.75, 3.05) is 44.2 Å². The molecule has 1 aliphatic heterocycles. The molecule has 2 aromatic heterocycles. The number of benzene rings is 3. The Morgan fingerprint density at radius 2 is 1.76 bits per heavy atom. The van der Waals surface area contributed by atoms with Crippen molar-refractivity contribution < 1.29 is 22.7 Å². The molecule has 1 saturated heterocycles. The molecule has 3 N–H and O–H groups in total. The molecule has 1 atom stereocenters. The van der Waals surface area contributed by atoms with Crippen molar-refractivity contribution in [1.29, 1.82) is 0 Å². The quantitative estimate of drug-likeness (QED) is 0.187. The highest BCUT2D eigenvalue weighted by Crippen LogP contribution is 2.29. The minimum absolute atomic E-state index is 0.145. The number of carbonyl (C=O) groups is 1. The van der Waals surface area contributed by atoms with E-state index in [1.165, 1.54) is 0 Å². The van der Waals surface area contributed by atoms with E-state index >= 15 is 0 Å². The van der Waals surface area contributed by atoms with Gasteiger partial charge >= 0.3 is 5.97 Å². The first-order valence-corrected chi connectivity index (χ1v) is 17.2. The van der Waals surface area contributed by atoms with Gasteiger partial charge in [0.2, 0.25) is 10.0 Å². The summed E-state index contributed by atoms with van der Waals surface area (Å²) >= 11 is 0. The van der Waals surface area contributed by atoms with Crippen molar-refractivity contribution in [3.63, 3.8) is 0 Å². The maximum Gasteiger partial charge on any atom is 0.355 e. The molecule has 3 heterocycles. The van der Waals surface area contributed by atoms with Crippen LogP contribution in [0.2, 0.25) is 0 Å². The van der Waals surface area contributed by atoms with Crippen LogP contribution >= 0.6 is 0 Å². The first-order valence-electron chi connectivity index (χ1n) is 15.5. The van der Waals surface area contributed by atoms with Crippen LogP contribution < -0.4 is 10.5 Å². The van der Waals surface area contributed by atoms with Crippen LogP contribution in [0.15, 0.2) is 84.9 Å². The number of nitrogens with two attached hydrogens (primary N) is 1. The molecule has 0 amide bonds. The van der Waals surface area contributed by atoms with Gasteiger partial charge in [0.05, 0.1) is 37.8 Å². The predicted octanol–water partition coefficient (Wildman–Crippen LogP) is 4.76. The summed E-state index contributed by atoms with van der Waals surface area (Å²) in [5.41, 5.74) is 9.56. The van der Waals surface area contributed by atoms with Crippen LogP contribution in [0.4, 0.5) is 5.69 Å². The van der Waals surface area contributed by atoms with Crippen molar-refractivity contribution in [3.05, 3.63) is 107 Å². The zero-order valence-corrected chi connectivity index (χ0v) is 26.7. The monoisotopic (exact) mass is 641 g/mol. The predicted molar refractivity (Wildman–Crippen MR) is 180 cm³/mol. The summed E-state index contributed by atoms with van der Waals surface area (Å²) in [5, 5.41) is 2.59. The van der Waals surface area contributed by atoms with Crippen LogP contribution in [-0.2, 0) is 38.3 Å². The summed E-state index contributed by atoms with van der Waals surface area (Å²) in [6.45, 7) is 6.86. The number of carbonyl (C=O) groups excluding carboxylic acids is 1. The number of hydrogen-bond acceptors (Lipinski definition) is 8. The Labute approximate surface area is 269 Å². The number of morpholine rings is 1. The van der Waals surface area contributed by atoms with Gasteiger partial charge in [-0.05, 0) is 52.2 Å². The van der Waals surface area contributed by atoms with E-state index in [9.17, 15) is 13.2 Å². The lowest BCUT2D eigenvalue weighted by atomic mass is 10.0. The molecule has 11 heteroatoms. The number of aromatic nitrogens is 2. The summed E-state index contributed by atoms with van der Waals surface area (Å²) in [6.07, 6.45) is 0. The number of esters is 1. The summed E-state index contributed by atoms with van der Waals surface area (Å²) < 4.78 is 42.3. The lowest BCUT2D eigenvalue weighted by Crippen LogP contribution is -2.39. The SMILES string of the molecule is C[C@H](COC(=O)c1cc2ccc(CN)nc2n1Cc1cc(NS(=O)(=O)Cc2ccccc2)cc2ccccc12)CN1CCOCC1. The van der Waals surface area contributed by atoms with E-state index in [4.69, 9.17) is 20.2 Å². The van der Waals surface area contributed by atoms with Crippen molar-refractivity contribution >= 4 is 43.5 Å². The van der Waals surface area contributed by atoms with Crippen molar-refractivity contribution in [2.45, 2.75) is 25.8 Å². The molecule has 0 saturated carbocycles. The standard InChI is InChI=1S/C35H39N5O5S/c1-25(21-39-13-15-44-16-14-39)23-45-35(41)33-19-28-11-12-30(20-36)37-34(28)40(33)22-29-18-31(17-27-9-5-6-10-32(27)29)38-46(42,43)24-26-7-3-2-4-8-26/h2-12,17-19,25,38H,13-16,20-24,36H2,1H3/t25-/m0/s1. The molecule has 240 valence electrons. The molecule has 10 nitrogen and oxygen atoms in total. The van der Waals surface area contributed by atoms with Gasteiger partial charge in [0.15, 0.2) is 0 Å². The molecule has 0 aliphatic carbocycles. The highest BCUT2D eigenvalue weighted by molar-refractivity contribution is 7.91. The summed E-state index contributed by atoms with van der Waals surface area (Å²) in [4.78, 5) is 20.7. The smallest absolute Gasteiger partial charge is 0.355 e. The van der Waals surface area contributed by atoms with Crippen LogP contribution in [-0.4, -0.2) is 68.3 Å². The van der Waals surface area contributed by atoms with E-state index in [-0.39, 0.29) is 31.4 Å². The second-order valence-electron chi connectivity index (χ2n) is 11.9.